The first-order chi connectivity index (χ1) is 9.27. The van der Waals surface area contributed by atoms with E-state index in [0.717, 1.165) is 6.26 Å². The first-order valence-corrected chi connectivity index (χ1v) is 8.14. The second-order valence-electron chi connectivity index (χ2n) is 4.15. The van der Waals surface area contributed by atoms with Crippen LogP contribution in [0.2, 0.25) is 10.0 Å². The van der Waals surface area contributed by atoms with Crippen LogP contribution in [0.3, 0.4) is 0 Å². The van der Waals surface area contributed by atoms with Gasteiger partial charge in [-0.3, -0.25) is 0 Å². The van der Waals surface area contributed by atoms with Crippen LogP contribution in [0.15, 0.2) is 41.3 Å². The van der Waals surface area contributed by atoms with Crippen LogP contribution in [0.4, 0.5) is 5.69 Å². The van der Waals surface area contributed by atoms with Crippen LogP contribution in [0.1, 0.15) is 0 Å². The highest BCUT2D eigenvalue weighted by Gasteiger charge is 2.12. The highest BCUT2D eigenvalue weighted by atomic mass is 35.5. The standard InChI is InChI=1S/C13H11Cl2NO3S/c1-20(17,18)9-3-5-13(11(16)7-9)19-12-4-2-8(14)6-10(12)15/h2-7H,16H2,1H3. The molecular weight excluding hydrogens is 321 g/mol. The summed E-state index contributed by atoms with van der Waals surface area (Å²) in [4.78, 5) is 0.129. The Labute approximate surface area is 127 Å². The average molecular weight is 332 g/mol. The maximum Gasteiger partial charge on any atom is 0.175 e. The fraction of sp³-hybridized carbons (Fsp3) is 0.0769. The lowest BCUT2D eigenvalue weighted by Gasteiger charge is -2.11. The molecule has 7 heteroatoms. The largest absolute Gasteiger partial charge is 0.454 e. The molecule has 0 saturated carbocycles. The fourth-order valence-electron chi connectivity index (χ4n) is 1.53. The molecule has 0 heterocycles. The van der Waals surface area contributed by atoms with E-state index in [4.69, 9.17) is 33.7 Å². The molecule has 20 heavy (non-hydrogen) atoms. The lowest BCUT2D eigenvalue weighted by atomic mass is 10.3. The molecule has 106 valence electrons. The monoisotopic (exact) mass is 331 g/mol. The Morgan fingerprint density at radius 2 is 1.70 bits per heavy atom. The zero-order chi connectivity index (χ0) is 14.9. The topological polar surface area (TPSA) is 69.4 Å². The minimum absolute atomic E-state index is 0.129. The van der Waals surface area contributed by atoms with E-state index < -0.39 is 9.84 Å². The van der Waals surface area contributed by atoms with Gasteiger partial charge >= 0.3 is 0 Å². The van der Waals surface area contributed by atoms with Crippen molar-refractivity contribution in [1.29, 1.82) is 0 Å². The van der Waals surface area contributed by atoms with Crippen molar-refractivity contribution in [3.8, 4) is 11.5 Å². The molecule has 0 aliphatic rings. The predicted molar refractivity (Wildman–Crippen MR) is 80.5 cm³/mol. The average Bonchev–Trinajstić information content (AvgIpc) is 2.33. The van der Waals surface area contributed by atoms with Crippen LogP contribution >= 0.6 is 23.2 Å². The SMILES string of the molecule is CS(=O)(=O)c1ccc(Oc2ccc(Cl)cc2Cl)c(N)c1. The molecule has 0 bridgehead atoms. The number of sulfone groups is 1. The molecular formula is C13H11Cl2NO3S. The quantitative estimate of drug-likeness (QED) is 0.869. The molecule has 2 aromatic carbocycles. The van der Waals surface area contributed by atoms with Crippen molar-refractivity contribution in [1.82, 2.24) is 0 Å². The van der Waals surface area contributed by atoms with E-state index in [1.807, 2.05) is 0 Å². The Balaban J connectivity index is 2.35. The molecule has 0 aliphatic carbocycles. The van der Waals surface area contributed by atoms with E-state index in [0.29, 0.717) is 21.5 Å². The summed E-state index contributed by atoms with van der Waals surface area (Å²) in [5, 5.41) is 0.826. The lowest BCUT2D eigenvalue weighted by molar-refractivity contribution is 0.485. The molecule has 0 atom stereocenters. The number of rotatable bonds is 3. The van der Waals surface area contributed by atoms with E-state index in [9.17, 15) is 8.42 Å². The highest BCUT2D eigenvalue weighted by molar-refractivity contribution is 7.90. The minimum atomic E-state index is -3.31. The van der Waals surface area contributed by atoms with Crippen molar-refractivity contribution < 1.29 is 13.2 Å². The molecule has 0 amide bonds. The van der Waals surface area contributed by atoms with Crippen molar-refractivity contribution in [2.75, 3.05) is 12.0 Å². The van der Waals surface area contributed by atoms with Crippen LogP contribution in [0.5, 0.6) is 11.5 Å². The second kappa shape index (κ2) is 5.52. The van der Waals surface area contributed by atoms with Gasteiger partial charge in [0.1, 0.15) is 11.5 Å². The van der Waals surface area contributed by atoms with Crippen LogP contribution in [-0.2, 0) is 9.84 Å². The van der Waals surface area contributed by atoms with Gasteiger partial charge in [-0.1, -0.05) is 23.2 Å². The number of anilines is 1. The molecule has 0 saturated heterocycles. The Bertz CT molecular complexity index is 760. The van der Waals surface area contributed by atoms with Gasteiger partial charge in [0.25, 0.3) is 0 Å². The second-order valence-corrected chi connectivity index (χ2v) is 7.01. The first kappa shape index (κ1) is 15.0. The zero-order valence-corrected chi connectivity index (χ0v) is 12.8. The third-order valence-electron chi connectivity index (χ3n) is 2.52. The lowest BCUT2D eigenvalue weighted by Crippen LogP contribution is -2.00. The maximum atomic E-state index is 11.4. The normalized spacial score (nSPS) is 11.3. The Morgan fingerprint density at radius 3 is 2.25 bits per heavy atom. The summed E-state index contributed by atoms with van der Waals surface area (Å²) >= 11 is 11.8. The van der Waals surface area contributed by atoms with Crippen molar-refractivity contribution in [3.05, 3.63) is 46.4 Å². The Kier molecular flexibility index (Phi) is 4.13. The number of hydrogen-bond donors (Lipinski definition) is 1. The number of nitrogen functional groups attached to an aromatic ring is 1. The molecule has 2 N–H and O–H groups in total. The number of halogens is 2. The van der Waals surface area contributed by atoms with Crippen LogP contribution in [0, 0.1) is 0 Å². The van der Waals surface area contributed by atoms with Gasteiger partial charge in [0.2, 0.25) is 0 Å². The molecule has 0 aliphatic heterocycles. The van der Waals surface area contributed by atoms with Gasteiger partial charge in [0.05, 0.1) is 15.6 Å². The summed E-state index contributed by atoms with van der Waals surface area (Å²) in [6, 6.07) is 9.02. The predicted octanol–water partition coefficient (Wildman–Crippen LogP) is 3.77. The van der Waals surface area contributed by atoms with Crippen LogP contribution in [-0.4, -0.2) is 14.7 Å². The van der Waals surface area contributed by atoms with E-state index in [2.05, 4.69) is 0 Å². The van der Waals surface area contributed by atoms with Crippen molar-refractivity contribution in [2.45, 2.75) is 4.90 Å². The molecule has 2 aromatic rings. The van der Waals surface area contributed by atoms with Gasteiger partial charge in [0, 0.05) is 11.3 Å². The van der Waals surface area contributed by atoms with E-state index in [1.54, 1.807) is 18.2 Å². The summed E-state index contributed by atoms with van der Waals surface area (Å²) in [6.45, 7) is 0. The molecule has 0 unspecified atom stereocenters. The van der Waals surface area contributed by atoms with Gasteiger partial charge < -0.3 is 10.5 Å². The zero-order valence-electron chi connectivity index (χ0n) is 10.4. The first-order valence-electron chi connectivity index (χ1n) is 5.50. The smallest absolute Gasteiger partial charge is 0.175 e. The van der Waals surface area contributed by atoms with Gasteiger partial charge in [-0.25, -0.2) is 8.42 Å². The third-order valence-corrected chi connectivity index (χ3v) is 4.16. The van der Waals surface area contributed by atoms with Gasteiger partial charge in [-0.2, -0.15) is 0 Å². The highest BCUT2D eigenvalue weighted by Crippen LogP contribution is 2.34. The fourth-order valence-corrected chi connectivity index (χ4v) is 2.63. The van der Waals surface area contributed by atoms with E-state index in [-0.39, 0.29) is 10.6 Å². The van der Waals surface area contributed by atoms with Crippen molar-refractivity contribution in [2.24, 2.45) is 0 Å². The van der Waals surface area contributed by atoms with Gasteiger partial charge in [0.15, 0.2) is 9.84 Å². The summed E-state index contributed by atoms with van der Waals surface area (Å²) < 4.78 is 28.4. The number of hydrogen-bond acceptors (Lipinski definition) is 4. The third kappa shape index (κ3) is 3.36. The molecule has 4 nitrogen and oxygen atoms in total. The Morgan fingerprint density at radius 1 is 1.05 bits per heavy atom. The summed E-state index contributed by atoms with van der Waals surface area (Å²) in [5.74, 6) is 0.705. The Hall–Kier alpha value is -1.43. The maximum absolute atomic E-state index is 11.4. The number of benzene rings is 2. The number of nitrogens with two attached hydrogens (primary N) is 1. The minimum Gasteiger partial charge on any atom is -0.454 e. The van der Waals surface area contributed by atoms with Gasteiger partial charge in [-0.15, -0.1) is 0 Å². The summed E-state index contributed by atoms with van der Waals surface area (Å²) in [6.07, 6.45) is 1.11. The molecule has 0 aromatic heterocycles. The molecule has 2 rings (SSSR count). The van der Waals surface area contributed by atoms with Crippen molar-refractivity contribution >= 4 is 38.7 Å². The molecule has 0 spiro atoms. The molecule has 0 fully saturated rings. The van der Waals surface area contributed by atoms with Gasteiger partial charge in [-0.05, 0) is 36.4 Å². The van der Waals surface area contributed by atoms with E-state index >= 15 is 0 Å². The van der Waals surface area contributed by atoms with Crippen LogP contribution < -0.4 is 10.5 Å². The van der Waals surface area contributed by atoms with Crippen molar-refractivity contribution in [3.63, 3.8) is 0 Å². The van der Waals surface area contributed by atoms with E-state index in [1.165, 1.54) is 18.2 Å². The summed E-state index contributed by atoms with van der Waals surface area (Å²) in [5.41, 5.74) is 5.99. The van der Waals surface area contributed by atoms with Crippen LogP contribution in [0.25, 0.3) is 0 Å². The summed E-state index contributed by atoms with van der Waals surface area (Å²) in [7, 11) is -3.31. The number of ether oxygens (including phenoxy) is 1. The molecule has 0 radical (unpaired) electrons.